The third-order valence-corrected chi connectivity index (χ3v) is 5.25. The number of allylic oxidation sites excluding steroid dienone is 1. The summed E-state index contributed by atoms with van der Waals surface area (Å²) in [5, 5.41) is 10.3. The van der Waals surface area contributed by atoms with Crippen molar-refractivity contribution in [1.82, 2.24) is 0 Å². The zero-order valence-electron chi connectivity index (χ0n) is 16.4. The molecule has 0 fully saturated rings. The van der Waals surface area contributed by atoms with Crippen LogP contribution in [0.5, 0.6) is 5.75 Å². The fourth-order valence-electron chi connectivity index (χ4n) is 3.01. The maximum atomic E-state index is 12.7. The van der Waals surface area contributed by atoms with E-state index in [0.29, 0.717) is 28.7 Å². The summed E-state index contributed by atoms with van der Waals surface area (Å²) in [4.78, 5) is 28.4. The quantitative estimate of drug-likeness (QED) is 0.518. The van der Waals surface area contributed by atoms with Crippen molar-refractivity contribution < 1.29 is 19.1 Å². The van der Waals surface area contributed by atoms with Gasteiger partial charge in [-0.2, -0.15) is 5.26 Å². The molecular formula is C21H23N3O4S. The van der Waals surface area contributed by atoms with E-state index in [9.17, 15) is 14.9 Å². The molecule has 1 amide bonds. The second-order valence-electron chi connectivity index (χ2n) is 6.18. The number of thioether (sulfide) groups is 1. The van der Waals surface area contributed by atoms with Crippen LogP contribution >= 0.6 is 11.8 Å². The van der Waals surface area contributed by atoms with E-state index >= 15 is 0 Å². The number of aliphatic imine (C=N–C) groups is 1. The van der Waals surface area contributed by atoms with Gasteiger partial charge in [-0.15, -0.1) is 0 Å². The van der Waals surface area contributed by atoms with Crippen LogP contribution in [0.1, 0.15) is 25.3 Å². The zero-order chi connectivity index (χ0) is 21.4. The van der Waals surface area contributed by atoms with Crippen molar-refractivity contribution in [2.75, 3.05) is 19.0 Å². The summed E-state index contributed by atoms with van der Waals surface area (Å²) in [5.74, 6) is -1.73. The topological polar surface area (TPSA) is 115 Å². The van der Waals surface area contributed by atoms with E-state index in [1.54, 1.807) is 19.1 Å². The predicted octanol–water partition coefficient (Wildman–Crippen LogP) is 2.94. The van der Waals surface area contributed by atoms with Crippen LogP contribution in [0.2, 0.25) is 0 Å². The molecule has 0 radical (unpaired) electrons. The van der Waals surface area contributed by atoms with Crippen molar-refractivity contribution in [1.29, 1.82) is 5.26 Å². The van der Waals surface area contributed by atoms with Gasteiger partial charge in [-0.05, 0) is 31.5 Å². The molecule has 2 atom stereocenters. The molecule has 1 aliphatic heterocycles. The number of benzene rings is 1. The number of primary amides is 1. The second-order valence-corrected chi connectivity index (χ2v) is 7.17. The van der Waals surface area contributed by atoms with Crippen LogP contribution in [0.25, 0.3) is 0 Å². The molecule has 7 nitrogen and oxygen atoms in total. The van der Waals surface area contributed by atoms with Gasteiger partial charge in [0, 0.05) is 11.6 Å². The number of rotatable bonds is 8. The lowest BCUT2D eigenvalue weighted by Crippen LogP contribution is -2.30. The molecule has 152 valence electrons. The van der Waals surface area contributed by atoms with Gasteiger partial charge in [0.2, 0.25) is 5.91 Å². The molecule has 2 N–H and O–H groups in total. The monoisotopic (exact) mass is 413 g/mol. The van der Waals surface area contributed by atoms with Crippen LogP contribution < -0.4 is 10.5 Å². The average molecular weight is 413 g/mol. The Morgan fingerprint density at radius 3 is 2.62 bits per heavy atom. The lowest BCUT2D eigenvalue weighted by molar-refractivity contribution is -0.138. The summed E-state index contributed by atoms with van der Waals surface area (Å²) in [6, 6.07) is 9.44. The third kappa shape index (κ3) is 5.48. The summed E-state index contributed by atoms with van der Waals surface area (Å²) in [7, 11) is 0. The van der Waals surface area contributed by atoms with E-state index in [1.165, 1.54) is 6.08 Å². The van der Waals surface area contributed by atoms with Crippen LogP contribution in [0.15, 0.2) is 53.2 Å². The number of carbonyl (C=O) groups is 2. The van der Waals surface area contributed by atoms with E-state index in [4.69, 9.17) is 15.2 Å². The third-order valence-electron chi connectivity index (χ3n) is 4.18. The molecule has 0 aromatic heterocycles. The Kier molecular flexibility index (Phi) is 8.04. The maximum Gasteiger partial charge on any atom is 0.336 e. The fraction of sp³-hybridized carbons (Fsp3) is 0.333. The highest BCUT2D eigenvalue weighted by molar-refractivity contribution is 8.14. The van der Waals surface area contributed by atoms with E-state index in [0.717, 1.165) is 17.3 Å². The molecule has 2 rings (SSSR count). The average Bonchev–Trinajstić information content (AvgIpc) is 2.70. The Labute approximate surface area is 174 Å². The number of nitrogens with two attached hydrogens (primary N) is 1. The molecule has 0 saturated carbocycles. The number of carbonyl (C=O) groups excluding carboxylic acids is 2. The van der Waals surface area contributed by atoms with Crippen LogP contribution in [0.3, 0.4) is 0 Å². The zero-order valence-corrected chi connectivity index (χ0v) is 17.2. The van der Waals surface area contributed by atoms with Crippen LogP contribution in [0.4, 0.5) is 0 Å². The van der Waals surface area contributed by atoms with Gasteiger partial charge >= 0.3 is 5.97 Å². The molecule has 8 heteroatoms. The summed E-state index contributed by atoms with van der Waals surface area (Å²) in [6.07, 6.45) is 1.47. The Bertz CT molecular complexity index is 884. The van der Waals surface area contributed by atoms with Gasteiger partial charge in [0.15, 0.2) is 0 Å². The van der Waals surface area contributed by atoms with Gasteiger partial charge in [-0.3, -0.25) is 4.79 Å². The number of ether oxygens (including phenoxy) is 2. The van der Waals surface area contributed by atoms with Gasteiger partial charge in [0.1, 0.15) is 18.3 Å². The number of amides is 1. The molecule has 0 spiro atoms. The van der Waals surface area contributed by atoms with Crippen molar-refractivity contribution >= 4 is 28.7 Å². The molecule has 0 aliphatic carbocycles. The van der Waals surface area contributed by atoms with E-state index in [1.807, 2.05) is 19.1 Å². The first-order valence-electron chi connectivity index (χ1n) is 9.03. The summed E-state index contributed by atoms with van der Waals surface area (Å²) < 4.78 is 10.7. The first-order chi connectivity index (χ1) is 13.9. The predicted molar refractivity (Wildman–Crippen MR) is 112 cm³/mol. The lowest BCUT2D eigenvalue weighted by Gasteiger charge is -2.29. The Balaban J connectivity index is 2.52. The van der Waals surface area contributed by atoms with Crippen molar-refractivity contribution in [3.8, 4) is 11.8 Å². The molecule has 1 aliphatic rings. The van der Waals surface area contributed by atoms with Gasteiger partial charge in [-0.25, -0.2) is 9.79 Å². The minimum atomic E-state index is -0.757. The van der Waals surface area contributed by atoms with E-state index in [2.05, 4.69) is 17.6 Å². The van der Waals surface area contributed by atoms with Gasteiger partial charge in [0.25, 0.3) is 0 Å². The van der Waals surface area contributed by atoms with Crippen molar-refractivity contribution in [2.45, 2.75) is 19.8 Å². The van der Waals surface area contributed by atoms with Crippen LogP contribution in [-0.2, 0) is 14.3 Å². The number of nitriles is 1. The molecule has 0 bridgehead atoms. The summed E-state index contributed by atoms with van der Waals surface area (Å²) in [6.45, 7) is 7.71. The summed E-state index contributed by atoms with van der Waals surface area (Å²) >= 11 is 1.11. The number of hydrogen-bond acceptors (Lipinski definition) is 7. The number of esters is 1. The largest absolute Gasteiger partial charge is 0.494 e. The highest BCUT2D eigenvalue weighted by Gasteiger charge is 2.39. The van der Waals surface area contributed by atoms with Gasteiger partial charge in [0.05, 0.1) is 29.0 Å². The molecule has 0 saturated heterocycles. The summed E-state index contributed by atoms with van der Waals surface area (Å²) in [5.41, 5.74) is 6.74. The van der Waals surface area contributed by atoms with E-state index in [-0.39, 0.29) is 12.4 Å². The molecule has 29 heavy (non-hydrogen) atoms. The molecule has 1 unspecified atom stereocenters. The Morgan fingerprint density at radius 2 is 2.07 bits per heavy atom. The lowest BCUT2D eigenvalue weighted by atomic mass is 9.79. The maximum absolute atomic E-state index is 12.7. The van der Waals surface area contributed by atoms with Gasteiger partial charge in [-0.1, -0.05) is 36.5 Å². The van der Waals surface area contributed by atoms with Crippen LogP contribution in [-0.4, -0.2) is 35.9 Å². The van der Waals surface area contributed by atoms with Crippen molar-refractivity contribution in [2.24, 2.45) is 16.6 Å². The molecular weight excluding hydrogens is 390 g/mol. The highest BCUT2D eigenvalue weighted by atomic mass is 32.2. The van der Waals surface area contributed by atoms with Crippen molar-refractivity contribution in [3.05, 3.63) is 53.8 Å². The highest BCUT2D eigenvalue weighted by Crippen LogP contribution is 2.41. The molecule has 1 aromatic carbocycles. The minimum Gasteiger partial charge on any atom is -0.494 e. The fourth-order valence-corrected chi connectivity index (χ4v) is 3.87. The smallest absolute Gasteiger partial charge is 0.336 e. The Hall–Kier alpha value is -3.05. The number of nitrogens with zero attached hydrogens (tertiary/aromatic N) is 2. The molecule has 1 aromatic rings. The van der Waals surface area contributed by atoms with E-state index < -0.39 is 23.7 Å². The van der Waals surface area contributed by atoms with Crippen LogP contribution in [0, 0.1) is 17.2 Å². The Morgan fingerprint density at radius 1 is 1.38 bits per heavy atom. The minimum absolute atomic E-state index is 0.00344. The first kappa shape index (κ1) is 22.2. The van der Waals surface area contributed by atoms with Gasteiger partial charge < -0.3 is 15.2 Å². The van der Waals surface area contributed by atoms with Crippen molar-refractivity contribution in [3.63, 3.8) is 0 Å². The number of hydrogen-bond donors (Lipinski definition) is 1. The second kappa shape index (κ2) is 10.5. The SMILES string of the molecule is C=CCOC(=O)C1=C(C)N=C(SCC(N)=O)C(C#N)[C@@H]1c1ccc(OCC)cc1. The molecule has 1 heterocycles. The standard InChI is InChI=1S/C21H23N3O4S/c1-4-10-28-21(26)18-13(3)24-20(29-12-17(23)25)16(11-22)19(18)14-6-8-15(9-7-14)27-5-2/h4,6-9,16,19H,1,5,10,12H2,2-3H3,(H2,23,25)/t16?,19-/m0/s1. The first-order valence-corrected chi connectivity index (χ1v) is 10.0. The normalized spacial score (nSPS) is 18.4.